The fourth-order valence-electron chi connectivity index (χ4n) is 2.15. The number of aliphatic hydroxyl groups is 3. The maximum absolute atomic E-state index is 10.0. The number of halogens is 2. The van der Waals surface area contributed by atoms with Gasteiger partial charge in [-0.3, -0.25) is 4.57 Å². The number of aliphatic hydroxyl groups excluding tert-OH is 3. The Bertz CT molecular complexity index is 653. The lowest BCUT2D eigenvalue weighted by Gasteiger charge is -2.16. The van der Waals surface area contributed by atoms with Crippen molar-refractivity contribution in [3.8, 4) is 0 Å². The van der Waals surface area contributed by atoms with Gasteiger partial charge in [0.25, 0.3) is 0 Å². The van der Waals surface area contributed by atoms with Crippen LogP contribution in [0.5, 0.6) is 0 Å². The second-order valence-electron chi connectivity index (χ2n) is 4.34. The van der Waals surface area contributed by atoms with Crippen molar-refractivity contribution < 1.29 is 20.1 Å². The van der Waals surface area contributed by atoms with Gasteiger partial charge in [-0.1, -0.05) is 11.6 Å². The van der Waals surface area contributed by atoms with E-state index in [1.165, 1.54) is 10.9 Å². The van der Waals surface area contributed by atoms with Crippen LogP contribution in [-0.4, -0.2) is 59.8 Å². The minimum absolute atomic E-state index is 0.160. The van der Waals surface area contributed by atoms with Crippen LogP contribution >= 0.6 is 27.5 Å². The Kier molecular flexibility index (Phi) is 3.65. The van der Waals surface area contributed by atoms with Gasteiger partial charge in [0.2, 0.25) is 0 Å². The van der Waals surface area contributed by atoms with Crippen molar-refractivity contribution >= 4 is 38.7 Å². The molecule has 0 amide bonds. The van der Waals surface area contributed by atoms with E-state index < -0.39 is 31.1 Å². The Morgan fingerprint density at radius 2 is 2.10 bits per heavy atom. The zero-order valence-corrected chi connectivity index (χ0v) is 12.2. The molecule has 0 aliphatic carbocycles. The molecule has 0 bridgehead atoms. The van der Waals surface area contributed by atoms with E-state index in [2.05, 4.69) is 30.9 Å². The third kappa shape index (κ3) is 2.10. The average Bonchev–Trinajstić information content (AvgIpc) is 2.93. The third-order valence-electron chi connectivity index (χ3n) is 3.14. The highest BCUT2D eigenvalue weighted by molar-refractivity contribution is 9.10. The summed E-state index contributed by atoms with van der Waals surface area (Å²) >= 11 is 9.08. The molecule has 0 radical (unpaired) electrons. The van der Waals surface area contributed by atoms with Crippen LogP contribution in [0.3, 0.4) is 0 Å². The van der Waals surface area contributed by atoms with Gasteiger partial charge >= 0.3 is 0 Å². The number of nitrogens with zero attached hydrogens (tertiary/aromatic N) is 4. The zero-order chi connectivity index (χ0) is 14.4. The van der Waals surface area contributed by atoms with Crippen LogP contribution in [0, 0.1) is 0 Å². The number of fused-ring (bicyclic) bond motifs is 1. The lowest BCUT2D eigenvalue weighted by Crippen LogP contribution is -2.33. The first kappa shape index (κ1) is 14.1. The summed E-state index contributed by atoms with van der Waals surface area (Å²) in [7, 11) is 0. The summed E-state index contributed by atoms with van der Waals surface area (Å²) in [4.78, 5) is 12.1. The molecule has 0 aromatic carbocycles. The molecular formula is C10H10BrClN4O4. The molecule has 0 spiro atoms. The molecular weight excluding hydrogens is 355 g/mol. The number of ether oxygens (including phenoxy) is 1. The predicted octanol–water partition coefficient (Wildman–Crippen LogP) is -0.146. The Balaban J connectivity index is 2.07. The van der Waals surface area contributed by atoms with Crippen LogP contribution in [0.25, 0.3) is 11.2 Å². The molecule has 10 heteroatoms. The molecule has 4 atom stereocenters. The van der Waals surface area contributed by atoms with Crippen LogP contribution < -0.4 is 0 Å². The summed E-state index contributed by atoms with van der Waals surface area (Å²) in [5.41, 5.74) is 0.708. The molecule has 1 aliphatic rings. The standard InChI is InChI=1S/C10H10BrClN4O4/c11-10-14-7(12)4-8(15-10)16(2-13-4)9-6(19)5(18)3(1-17)20-9/h2-3,5-6,9,17-19H,1H2/t3-,5+,6+,9-/m1/s1. The van der Waals surface area contributed by atoms with Gasteiger partial charge in [0.15, 0.2) is 21.8 Å². The molecule has 3 N–H and O–H groups in total. The second-order valence-corrected chi connectivity index (χ2v) is 5.40. The fourth-order valence-corrected chi connectivity index (χ4v) is 2.81. The summed E-state index contributed by atoms with van der Waals surface area (Å²) in [5, 5.41) is 29.0. The summed E-state index contributed by atoms with van der Waals surface area (Å²) in [6.45, 7) is -0.402. The van der Waals surface area contributed by atoms with E-state index >= 15 is 0 Å². The number of hydrogen-bond donors (Lipinski definition) is 3. The van der Waals surface area contributed by atoms with Gasteiger partial charge < -0.3 is 20.1 Å². The summed E-state index contributed by atoms with van der Waals surface area (Å²) < 4.78 is 7.13. The van der Waals surface area contributed by atoms with Gasteiger partial charge in [-0.25, -0.2) is 15.0 Å². The Labute approximate surface area is 126 Å². The number of hydrogen-bond acceptors (Lipinski definition) is 7. The Morgan fingerprint density at radius 1 is 1.35 bits per heavy atom. The maximum atomic E-state index is 10.0. The first-order valence-corrected chi connectivity index (χ1v) is 6.88. The number of rotatable bonds is 2. The van der Waals surface area contributed by atoms with Gasteiger partial charge in [0.05, 0.1) is 12.9 Å². The molecule has 0 unspecified atom stereocenters. The molecule has 3 heterocycles. The van der Waals surface area contributed by atoms with Gasteiger partial charge in [0, 0.05) is 0 Å². The maximum Gasteiger partial charge on any atom is 0.200 e. The molecule has 8 nitrogen and oxygen atoms in total. The van der Waals surface area contributed by atoms with E-state index in [1.54, 1.807) is 0 Å². The van der Waals surface area contributed by atoms with Crippen molar-refractivity contribution in [1.82, 2.24) is 19.5 Å². The normalized spacial score (nSPS) is 30.2. The smallest absolute Gasteiger partial charge is 0.200 e. The predicted molar refractivity (Wildman–Crippen MR) is 71.0 cm³/mol. The third-order valence-corrected chi connectivity index (χ3v) is 3.76. The van der Waals surface area contributed by atoms with E-state index in [1.807, 2.05) is 0 Å². The van der Waals surface area contributed by atoms with Crippen LogP contribution in [-0.2, 0) is 4.74 Å². The summed E-state index contributed by atoms with van der Waals surface area (Å²) in [6.07, 6.45) is -2.80. The van der Waals surface area contributed by atoms with E-state index in [0.29, 0.717) is 11.2 Å². The Hall–Kier alpha value is -0.840. The van der Waals surface area contributed by atoms with Gasteiger partial charge in [-0.15, -0.1) is 0 Å². The van der Waals surface area contributed by atoms with Gasteiger partial charge in [-0.2, -0.15) is 0 Å². The minimum atomic E-state index is -1.21. The van der Waals surface area contributed by atoms with Crippen LogP contribution in [0.2, 0.25) is 5.15 Å². The summed E-state index contributed by atoms with van der Waals surface area (Å²) in [5.74, 6) is 0. The second kappa shape index (κ2) is 5.17. The van der Waals surface area contributed by atoms with Crippen molar-refractivity contribution in [3.05, 3.63) is 16.2 Å². The van der Waals surface area contributed by atoms with Gasteiger partial charge in [-0.05, 0) is 15.9 Å². The first-order valence-electron chi connectivity index (χ1n) is 5.71. The summed E-state index contributed by atoms with van der Waals surface area (Å²) in [6, 6.07) is 0. The highest BCUT2D eigenvalue weighted by Crippen LogP contribution is 2.32. The van der Waals surface area contributed by atoms with E-state index in [9.17, 15) is 10.2 Å². The fraction of sp³-hybridized carbons (Fsp3) is 0.500. The minimum Gasteiger partial charge on any atom is -0.394 e. The van der Waals surface area contributed by atoms with Crippen LogP contribution in [0.15, 0.2) is 11.1 Å². The van der Waals surface area contributed by atoms with Crippen LogP contribution in [0.4, 0.5) is 0 Å². The van der Waals surface area contributed by atoms with Crippen molar-refractivity contribution in [2.75, 3.05) is 6.61 Å². The topological polar surface area (TPSA) is 114 Å². The average molecular weight is 366 g/mol. The molecule has 20 heavy (non-hydrogen) atoms. The SMILES string of the molecule is OC[C@H]1O[C@@H](n2cnc3c(Cl)nc(Br)nc32)[C@@H](O)[C@H]1O. The van der Waals surface area contributed by atoms with E-state index in [-0.39, 0.29) is 9.89 Å². The van der Waals surface area contributed by atoms with Crippen molar-refractivity contribution in [3.63, 3.8) is 0 Å². The van der Waals surface area contributed by atoms with Crippen molar-refractivity contribution in [2.45, 2.75) is 24.5 Å². The highest BCUT2D eigenvalue weighted by atomic mass is 79.9. The molecule has 1 fully saturated rings. The molecule has 2 aromatic rings. The molecule has 1 saturated heterocycles. The lowest BCUT2D eigenvalue weighted by molar-refractivity contribution is -0.0511. The molecule has 3 rings (SSSR count). The first-order chi connectivity index (χ1) is 9.52. The molecule has 2 aromatic heterocycles. The number of imidazole rings is 1. The highest BCUT2D eigenvalue weighted by Gasteiger charge is 2.44. The van der Waals surface area contributed by atoms with Gasteiger partial charge in [0.1, 0.15) is 23.8 Å². The van der Waals surface area contributed by atoms with E-state index in [0.717, 1.165) is 0 Å². The van der Waals surface area contributed by atoms with Crippen molar-refractivity contribution in [2.24, 2.45) is 0 Å². The quantitative estimate of drug-likeness (QED) is 0.501. The lowest BCUT2D eigenvalue weighted by atomic mass is 10.1. The monoisotopic (exact) mass is 364 g/mol. The van der Waals surface area contributed by atoms with Crippen molar-refractivity contribution in [1.29, 1.82) is 0 Å². The zero-order valence-electron chi connectivity index (χ0n) is 9.89. The molecule has 1 aliphatic heterocycles. The Morgan fingerprint density at radius 3 is 2.75 bits per heavy atom. The number of aromatic nitrogens is 4. The largest absolute Gasteiger partial charge is 0.394 e. The molecule has 108 valence electrons. The van der Waals surface area contributed by atoms with E-state index in [4.69, 9.17) is 21.4 Å². The van der Waals surface area contributed by atoms with Crippen LogP contribution in [0.1, 0.15) is 6.23 Å². The molecule has 0 saturated carbocycles.